The fourth-order valence-electron chi connectivity index (χ4n) is 1.52. The summed E-state index contributed by atoms with van der Waals surface area (Å²) in [4.78, 5) is 0. The van der Waals surface area contributed by atoms with E-state index < -0.39 is 0 Å². The van der Waals surface area contributed by atoms with Gasteiger partial charge >= 0.3 is 0 Å². The summed E-state index contributed by atoms with van der Waals surface area (Å²) in [6.07, 6.45) is 12.6. The van der Waals surface area contributed by atoms with Crippen LogP contribution < -0.4 is 0 Å². The van der Waals surface area contributed by atoms with Gasteiger partial charge in [0.25, 0.3) is 0 Å². The highest BCUT2D eigenvalue weighted by atomic mass is 16.5. The highest BCUT2D eigenvalue weighted by Crippen LogP contribution is 2.08. The Labute approximate surface area is 89.5 Å². The van der Waals surface area contributed by atoms with Crippen molar-refractivity contribution in [3.05, 3.63) is 12.7 Å². The Morgan fingerprint density at radius 3 is 2.07 bits per heavy atom. The fourth-order valence-corrected chi connectivity index (χ4v) is 1.52. The zero-order valence-corrected chi connectivity index (χ0v) is 9.76. The van der Waals surface area contributed by atoms with E-state index in [2.05, 4.69) is 13.5 Å². The van der Waals surface area contributed by atoms with Crippen LogP contribution in [-0.4, -0.2) is 13.2 Å². The van der Waals surface area contributed by atoms with Crippen LogP contribution in [0.4, 0.5) is 0 Å². The van der Waals surface area contributed by atoms with Gasteiger partial charge in [0.1, 0.15) is 0 Å². The van der Waals surface area contributed by atoms with E-state index in [0.29, 0.717) is 0 Å². The summed E-state index contributed by atoms with van der Waals surface area (Å²) in [6.45, 7) is 7.59. The van der Waals surface area contributed by atoms with Crippen molar-refractivity contribution in [2.45, 2.75) is 58.3 Å². The molecule has 0 aromatic rings. The van der Waals surface area contributed by atoms with Gasteiger partial charge in [-0.25, -0.2) is 0 Å². The number of hydrogen-bond donors (Lipinski definition) is 0. The van der Waals surface area contributed by atoms with Crippen molar-refractivity contribution in [2.24, 2.45) is 0 Å². The Morgan fingerprint density at radius 1 is 0.929 bits per heavy atom. The number of hydrogen-bond acceptors (Lipinski definition) is 1. The molecule has 14 heavy (non-hydrogen) atoms. The van der Waals surface area contributed by atoms with E-state index in [0.717, 1.165) is 13.2 Å². The third kappa shape index (κ3) is 11.7. The van der Waals surface area contributed by atoms with Crippen molar-refractivity contribution >= 4 is 0 Å². The lowest BCUT2D eigenvalue weighted by Gasteiger charge is -2.01. The molecule has 0 aromatic carbocycles. The van der Waals surface area contributed by atoms with Crippen LogP contribution in [0.15, 0.2) is 12.7 Å². The Morgan fingerprint density at radius 2 is 1.50 bits per heavy atom. The van der Waals surface area contributed by atoms with Gasteiger partial charge in [-0.1, -0.05) is 38.2 Å². The number of ether oxygens (including phenoxy) is 1. The molecule has 0 saturated carbocycles. The van der Waals surface area contributed by atoms with Crippen LogP contribution in [-0.2, 0) is 4.74 Å². The highest BCUT2D eigenvalue weighted by molar-refractivity contribution is 4.65. The fraction of sp³-hybridized carbons (Fsp3) is 0.846. The summed E-state index contributed by atoms with van der Waals surface area (Å²) in [5.41, 5.74) is 0. The molecule has 0 radical (unpaired) electrons. The van der Waals surface area contributed by atoms with Gasteiger partial charge in [-0.3, -0.25) is 0 Å². The SMILES string of the molecule is C=CCCCCCCCCCOCC. The normalized spacial score (nSPS) is 10.4. The Kier molecular flexibility index (Phi) is 12.4. The predicted octanol–water partition coefficient (Wildman–Crippen LogP) is 4.33. The van der Waals surface area contributed by atoms with Crippen molar-refractivity contribution < 1.29 is 4.74 Å². The average Bonchev–Trinajstić information content (AvgIpc) is 2.21. The average molecular weight is 198 g/mol. The summed E-state index contributed by atoms with van der Waals surface area (Å²) in [6, 6.07) is 0. The standard InChI is InChI=1S/C13H26O/c1-3-5-6-7-8-9-10-11-12-13-14-4-2/h3H,1,4-13H2,2H3. The van der Waals surface area contributed by atoms with Gasteiger partial charge in [-0.15, -0.1) is 6.58 Å². The lowest BCUT2D eigenvalue weighted by Crippen LogP contribution is -1.92. The molecule has 0 atom stereocenters. The van der Waals surface area contributed by atoms with E-state index in [1.165, 1.54) is 51.4 Å². The second-order valence-electron chi connectivity index (χ2n) is 3.75. The minimum Gasteiger partial charge on any atom is -0.382 e. The van der Waals surface area contributed by atoms with E-state index in [1.807, 2.05) is 6.08 Å². The van der Waals surface area contributed by atoms with E-state index in [4.69, 9.17) is 4.74 Å². The van der Waals surface area contributed by atoms with Crippen LogP contribution in [0.1, 0.15) is 58.3 Å². The van der Waals surface area contributed by atoms with Crippen molar-refractivity contribution in [2.75, 3.05) is 13.2 Å². The minimum atomic E-state index is 0.863. The molecule has 0 aliphatic rings. The first-order valence-corrected chi connectivity index (χ1v) is 6.10. The molecule has 0 aliphatic carbocycles. The van der Waals surface area contributed by atoms with Gasteiger partial charge in [0.05, 0.1) is 0 Å². The quantitative estimate of drug-likeness (QED) is 0.355. The Balaban J connectivity index is 2.81. The maximum Gasteiger partial charge on any atom is 0.0465 e. The smallest absolute Gasteiger partial charge is 0.0465 e. The van der Waals surface area contributed by atoms with Gasteiger partial charge in [-0.05, 0) is 26.2 Å². The van der Waals surface area contributed by atoms with Crippen LogP contribution in [0.5, 0.6) is 0 Å². The number of unbranched alkanes of at least 4 members (excludes halogenated alkanes) is 7. The van der Waals surface area contributed by atoms with Crippen molar-refractivity contribution in [3.8, 4) is 0 Å². The topological polar surface area (TPSA) is 9.23 Å². The molecule has 1 heteroatoms. The van der Waals surface area contributed by atoms with Gasteiger partial charge < -0.3 is 4.74 Å². The lowest BCUT2D eigenvalue weighted by atomic mass is 10.1. The molecule has 0 aromatic heterocycles. The van der Waals surface area contributed by atoms with Crippen molar-refractivity contribution in [1.82, 2.24) is 0 Å². The van der Waals surface area contributed by atoms with Gasteiger partial charge in [0.2, 0.25) is 0 Å². The van der Waals surface area contributed by atoms with E-state index >= 15 is 0 Å². The maximum absolute atomic E-state index is 5.28. The molecular formula is C13H26O. The molecule has 0 spiro atoms. The molecule has 0 amide bonds. The van der Waals surface area contributed by atoms with Crippen LogP contribution in [0.2, 0.25) is 0 Å². The first-order valence-electron chi connectivity index (χ1n) is 6.10. The molecule has 0 unspecified atom stereocenters. The van der Waals surface area contributed by atoms with Gasteiger partial charge in [0, 0.05) is 13.2 Å². The number of rotatable bonds is 11. The monoisotopic (exact) mass is 198 g/mol. The van der Waals surface area contributed by atoms with Crippen molar-refractivity contribution in [3.63, 3.8) is 0 Å². The highest BCUT2D eigenvalue weighted by Gasteiger charge is 1.91. The second kappa shape index (κ2) is 12.7. The summed E-state index contributed by atoms with van der Waals surface area (Å²) < 4.78 is 5.28. The van der Waals surface area contributed by atoms with E-state index in [9.17, 15) is 0 Å². The summed E-state index contributed by atoms with van der Waals surface area (Å²) >= 11 is 0. The maximum atomic E-state index is 5.28. The second-order valence-corrected chi connectivity index (χ2v) is 3.75. The predicted molar refractivity (Wildman–Crippen MR) is 63.6 cm³/mol. The molecule has 0 heterocycles. The molecule has 0 fully saturated rings. The van der Waals surface area contributed by atoms with E-state index in [-0.39, 0.29) is 0 Å². The summed E-state index contributed by atoms with van der Waals surface area (Å²) in [7, 11) is 0. The zero-order valence-electron chi connectivity index (χ0n) is 9.76. The molecule has 0 saturated heterocycles. The van der Waals surface area contributed by atoms with Gasteiger partial charge in [-0.2, -0.15) is 0 Å². The molecule has 84 valence electrons. The first kappa shape index (κ1) is 13.7. The number of allylic oxidation sites excluding steroid dienone is 1. The molecule has 0 rings (SSSR count). The summed E-state index contributed by atoms with van der Waals surface area (Å²) in [5, 5.41) is 0. The van der Waals surface area contributed by atoms with Crippen LogP contribution in [0, 0.1) is 0 Å². The third-order valence-corrected chi connectivity index (χ3v) is 2.40. The van der Waals surface area contributed by atoms with Crippen LogP contribution in [0.25, 0.3) is 0 Å². The molecular weight excluding hydrogens is 172 g/mol. The van der Waals surface area contributed by atoms with Crippen molar-refractivity contribution in [1.29, 1.82) is 0 Å². The molecule has 1 nitrogen and oxygen atoms in total. The third-order valence-electron chi connectivity index (χ3n) is 2.40. The molecule has 0 aliphatic heterocycles. The zero-order chi connectivity index (χ0) is 10.5. The van der Waals surface area contributed by atoms with Crippen LogP contribution >= 0.6 is 0 Å². The first-order chi connectivity index (χ1) is 6.91. The van der Waals surface area contributed by atoms with Gasteiger partial charge in [0.15, 0.2) is 0 Å². The molecule has 0 bridgehead atoms. The molecule has 0 N–H and O–H groups in total. The lowest BCUT2D eigenvalue weighted by molar-refractivity contribution is 0.143. The Bertz CT molecular complexity index is 110. The van der Waals surface area contributed by atoms with Crippen LogP contribution in [0.3, 0.4) is 0 Å². The summed E-state index contributed by atoms with van der Waals surface area (Å²) in [5.74, 6) is 0. The Hall–Kier alpha value is -0.300. The minimum absolute atomic E-state index is 0.863. The largest absolute Gasteiger partial charge is 0.382 e. The van der Waals surface area contributed by atoms with E-state index in [1.54, 1.807) is 0 Å².